The van der Waals surface area contributed by atoms with Crippen molar-refractivity contribution in [1.82, 2.24) is 0 Å². The number of nitrogen functional groups attached to an aromatic ring is 1. The number of nitrogens with one attached hydrogen (secondary N) is 1. The van der Waals surface area contributed by atoms with E-state index >= 15 is 0 Å². The van der Waals surface area contributed by atoms with Crippen LogP contribution >= 0.6 is 0 Å². The molecule has 5 heteroatoms. The molecule has 0 saturated carbocycles. The van der Waals surface area contributed by atoms with Crippen LogP contribution in [0, 0.1) is 5.41 Å². The molecular weight excluding hydrogens is 352 g/mol. The summed E-state index contributed by atoms with van der Waals surface area (Å²) in [4.78, 5) is 11.8. The Hall–Kier alpha value is -3.18. The molecule has 1 aliphatic heterocycles. The van der Waals surface area contributed by atoms with Crippen LogP contribution in [0.4, 0.5) is 5.69 Å². The first-order valence-electron chi connectivity index (χ1n) is 8.75. The van der Waals surface area contributed by atoms with Crippen molar-refractivity contribution in [2.24, 2.45) is 0 Å². The Labute approximate surface area is 158 Å². The Morgan fingerprint density at radius 3 is 2.56 bits per heavy atom. The molecule has 3 N–H and O–H groups in total. The molecule has 134 valence electrons. The zero-order valence-electron chi connectivity index (χ0n) is 15.2. The molecule has 2 aromatic carbocycles. The quantitative estimate of drug-likeness (QED) is 0.627. The second-order valence-electron chi connectivity index (χ2n) is 7.40. The summed E-state index contributed by atoms with van der Waals surface area (Å²) in [6, 6.07) is 12.8. The SMILES string of the molecule is C[Si]1(C)C2=CC(=N)C=CC2=C(c2ccccc2C(=O)[O-])c2ccc(N)cc21. The van der Waals surface area contributed by atoms with Gasteiger partial charge < -0.3 is 21.0 Å². The summed E-state index contributed by atoms with van der Waals surface area (Å²) in [5.41, 5.74) is 10.9. The molecule has 0 spiro atoms. The van der Waals surface area contributed by atoms with Crippen molar-refractivity contribution < 1.29 is 9.90 Å². The smallest absolute Gasteiger partial charge is 0.114 e. The first-order valence-corrected chi connectivity index (χ1v) is 11.8. The van der Waals surface area contributed by atoms with E-state index in [1.54, 1.807) is 18.2 Å². The molecule has 0 unspecified atom stereocenters. The van der Waals surface area contributed by atoms with Crippen molar-refractivity contribution >= 4 is 36.2 Å². The van der Waals surface area contributed by atoms with Gasteiger partial charge in [-0.1, -0.05) is 49.5 Å². The molecule has 0 bridgehead atoms. The van der Waals surface area contributed by atoms with E-state index in [9.17, 15) is 9.90 Å². The van der Waals surface area contributed by atoms with E-state index in [1.807, 2.05) is 42.5 Å². The molecule has 1 aliphatic carbocycles. The highest BCUT2D eigenvalue weighted by Gasteiger charge is 2.39. The minimum atomic E-state index is -2.10. The van der Waals surface area contributed by atoms with Crippen molar-refractivity contribution in [3.63, 3.8) is 0 Å². The van der Waals surface area contributed by atoms with Crippen molar-refractivity contribution in [3.8, 4) is 0 Å². The minimum Gasteiger partial charge on any atom is -0.545 e. The fourth-order valence-electron chi connectivity index (χ4n) is 4.04. The molecule has 0 atom stereocenters. The van der Waals surface area contributed by atoms with Crippen LogP contribution in [0.3, 0.4) is 0 Å². The molecule has 0 saturated heterocycles. The summed E-state index contributed by atoms with van der Waals surface area (Å²) in [7, 11) is -2.10. The number of nitrogens with two attached hydrogens (primary N) is 1. The van der Waals surface area contributed by atoms with E-state index < -0.39 is 14.0 Å². The largest absolute Gasteiger partial charge is 0.545 e. The van der Waals surface area contributed by atoms with Gasteiger partial charge in [0.1, 0.15) is 8.07 Å². The van der Waals surface area contributed by atoms with Gasteiger partial charge >= 0.3 is 0 Å². The van der Waals surface area contributed by atoms with Gasteiger partial charge in [0.05, 0.1) is 11.7 Å². The summed E-state index contributed by atoms with van der Waals surface area (Å²) in [6.45, 7) is 4.48. The van der Waals surface area contributed by atoms with Crippen molar-refractivity contribution in [2.75, 3.05) is 5.73 Å². The topological polar surface area (TPSA) is 90.0 Å². The van der Waals surface area contributed by atoms with E-state index in [2.05, 4.69) is 13.1 Å². The number of benzene rings is 2. The number of carbonyl (C=O) groups excluding carboxylic acids is 1. The molecule has 0 fully saturated rings. The van der Waals surface area contributed by atoms with Gasteiger partial charge in [0.2, 0.25) is 0 Å². The van der Waals surface area contributed by atoms with Gasteiger partial charge in [0, 0.05) is 11.3 Å². The summed E-state index contributed by atoms with van der Waals surface area (Å²) in [5, 5.41) is 22.1. The number of carbonyl (C=O) groups is 1. The van der Waals surface area contributed by atoms with Crippen LogP contribution in [0.5, 0.6) is 0 Å². The number of hydrogen-bond donors (Lipinski definition) is 2. The van der Waals surface area contributed by atoms with Crippen molar-refractivity contribution in [1.29, 1.82) is 5.41 Å². The number of hydrogen-bond acceptors (Lipinski definition) is 4. The summed E-state index contributed by atoms with van der Waals surface area (Å²) in [5.74, 6) is -1.20. The van der Waals surface area contributed by atoms with Gasteiger partial charge in [-0.3, -0.25) is 0 Å². The lowest BCUT2D eigenvalue weighted by atomic mass is 9.87. The van der Waals surface area contributed by atoms with E-state index in [0.717, 1.165) is 27.1 Å². The number of fused-ring (bicyclic) bond motifs is 2. The van der Waals surface area contributed by atoms with Crippen molar-refractivity contribution in [3.05, 3.63) is 88.2 Å². The zero-order chi connectivity index (χ0) is 19.3. The average Bonchev–Trinajstić information content (AvgIpc) is 2.63. The molecule has 0 amide bonds. The first-order chi connectivity index (χ1) is 12.8. The van der Waals surface area contributed by atoms with E-state index in [-0.39, 0.29) is 5.56 Å². The summed E-state index contributed by atoms with van der Waals surface area (Å²) in [6.07, 6.45) is 5.61. The maximum Gasteiger partial charge on any atom is 0.114 e. The number of rotatable bonds is 2. The fourth-order valence-corrected chi connectivity index (χ4v) is 7.13. The lowest BCUT2D eigenvalue weighted by molar-refractivity contribution is -0.255. The maximum absolute atomic E-state index is 11.8. The van der Waals surface area contributed by atoms with E-state index in [1.165, 1.54) is 0 Å². The van der Waals surface area contributed by atoms with Crippen LogP contribution in [0.1, 0.15) is 21.5 Å². The van der Waals surface area contributed by atoms with Gasteiger partial charge in [-0.25, -0.2) is 0 Å². The second-order valence-corrected chi connectivity index (χ2v) is 11.7. The third-order valence-electron chi connectivity index (χ3n) is 5.36. The van der Waals surface area contributed by atoms with Gasteiger partial charge in [-0.2, -0.15) is 0 Å². The molecule has 27 heavy (non-hydrogen) atoms. The van der Waals surface area contributed by atoms with E-state index in [0.29, 0.717) is 17.0 Å². The highest BCUT2D eigenvalue weighted by Crippen LogP contribution is 2.42. The van der Waals surface area contributed by atoms with Crippen LogP contribution in [-0.4, -0.2) is 19.8 Å². The number of anilines is 1. The Morgan fingerprint density at radius 1 is 1.07 bits per heavy atom. The first kappa shape index (κ1) is 17.2. The van der Waals surface area contributed by atoms with Gasteiger partial charge in [-0.15, -0.1) is 0 Å². The van der Waals surface area contributed by atoms with Gasteiger partial charge in [-0.05, 0) is 56.9 Å². The lowest BCUT2D eigenvalue weighted by Crippen LogP contribution is -2.49. The molecule has 0 aromatic heterocycles. The van der Waals surface area contributed by atoms with Gasteiger partial charge in [0.25, 0.3) is 0 Å². The van der Waals surface area contributed by atoms with Crippen LogP contribution in [0.25, 0.3) is 5.57 Å². The average molecular weight is 371 g/mol. The molecule has 1 heterocycles. The van der Waals surface area contributed by atoms with Crippen molar-refractivity contribution in [2.45, 2.75) is 13.1 Å². The Balaban J connectivity index is 2.15. The van der Waals surface area contributed by atoms with Crippen LogP contribution in [0.15, 0.2) is 71.5 Å². The summed E-state index contributed by atoms with van der Waals surface area (Å²) >= 11 is 0. The maximum atomic E-state index is 11.8. The Morgan fingerprint density at radius 2 is 1.81 bits per heavy atom. The highest BCUT2D eigenvalue weighted by molar-refractivity contribution is 6.98. The molecule has 2 aromatic rings. The minimum absolute atomic E-state index is 0.164. The van der Waals surface area contributed by atoms with Crippen LogP contribution in [-0.2, 0) is 0 Å². The summed E-state index contributed by atoms with van der Waals surface area (Å²) < 4.78 is 0. The van der Waals surface area contributed by atoms with E-state index in [4.69, 9.17) is 11.1 Å². The third-order valence-corrected chi connectivity index (χ3v) is 8.89. The lowest BCUT2D eigenvalue weighted by Gasteiger charge is -2.38. The number of aromatic carboxylic acids is 1. The predicted octanol–water partition coefficient (Wildman–Crippen LogP) is 2.42. The molecular formula is C22H19N2O2Si-. The molecule has 4 nitrogen and oxygen atoms in total. The number of carboxylic acid groups (broad SMARTS) is 1. The Kier molecular flexibility index (Phi) is 3.78. The Bertz CT molecular complexity index is 1110. The second kappa shape index (κ2) is 5.92. The van der Waals surface area contributed by atoms with Gasteiger partial charge in [0.15, 0.2) is 0 Å². The molecule has 2 aliphatic rings. The zero-order valence-corrected chi connectivity index (χ0v) is 16.2. The third kappa shape index (κ3) is 2.59. The highest BCUT2D eigenvalue weighted by atomic mass is 28.3. The number of allylic oxidation sites excluding steroid dienone is 5. The van der Waals surface area contributed by atoms with Crippen LogP contribution < -0.4 is 16.0 Å². The number of carboxylic acids is 1. The van der Waals surface area contributed by atoms with Crippen LogP contribution in [0.2, 0.25) is 13.1 Å². The normalized spacial score (nSPS) is 17.3. The monoisotopic (exact) mass is 371 g/mol. The molecule has 4 rings (SSSR count). The molecule has 0 radical (unpaired) electrons. The standard InChI is InChI=1S/C22H20N2O2Si/c1-27(2)19-11-13(23)7-9-17(19)21(18-10-8-14(24)12-20(18)27)15-5-3-4-6-16(15)22(25)26/h3-12,23H,24H2,1-2H3,(H,25,26)/p-1. The fraction of sp³-hybridized carbons (Fsp3) is 0.0909. The predicted molar refractivity (Wildman–Crippen MR) is 110 cm³/mol.